The van der Waals surface area contributed by atoms with Gasteiger partial charge in [0.05, 0.1) is 13.7 Å². The van der Waals surface area contributed by atoms with Gasteiger partial charge in [-0.25, -0.2) is 0 Å². The lowest BCUT2D eigenvalue weighted by Gasteiger charge is -2.30. The second-order valence-electron chi connectivity index (χ2n) is 7.88. The number of ether oxygens (including phenoxy) is 2. The predicted molar refractivity (Wildman–Crippen MR) is 120 cm³/mol. The molecule has 31 heavy (non-hydrogen) atoms. The number of hydrogen-bond acceptors (Lipinski definition) is 6. The maximum atomic E-state index is 10.7. The molecular formula is C24H27ClN2O4. The van der Waals surface area contributed by atoms with Crippen LogP contribution in [0, 0.1) is 0 Å². The van der Waals surface area contributed by atoms with Gasteiger partial charge < -0.3 is 23.7 Å². The summed E-state index contributed by atoms with van der Waals surface area (Å²) < 4.78 is 17.0. The minimum atomic E-state index is 0.379. The van der Waals surface area contributed by atoms with Crippen molar-refractivity contribution >= 4 is 28.8 Å². The van der Waals surface area contributed by atoms with Crippen LogP contribution in [-0.4, -0.2) is 49.7 Å². The van der Waals surface area contributed by atoms with Gasteiger partial charge in [0.15, 0.2) is 11.5 Å². The summed E-state index contributed by atoms with van der Waals surface area (Å²) in [5.74, 6) is 2.77. The molecule has 0 atom stereocenters. The van der Waals surface area contributed by atoms with Gasteiger partial charge in [0.2, 0.25) is 0 Å². The summed E-state index contributed by atoms with van der Waals surface area (Å²) >= 11 is 6.05. The number of hydrogen-bond donors (Lipinski definition) is 0. The highest BCUT2D eigenvalue weighted by Gasteiger charge is 2.25. The Balaban J connectivity index is 1.23. The molecule has 2 heterocycles. The number of carbonyl (C=O) groups is 1. The number of rotatable bonds is 9. The van der Waals surface area contributed by atoms with Crippen LogP contribution in [0.2, 0.25) is 5.02 Å². The molecule has 1 aromatic heterocycles. The summed E-state index contributed by atoms with van der Waals surface area (Å²) in [6, 6.07) is 11.4. The monoisotopic (exact) mass is 442 g/mol. The van der Waals surface area contributed by atoms with Gasteiger partial charge in [0.1, 0.15) is 17.6 Å². The predicted octanol–water partition coefficient (Wildman–Crippen LogP) is 4.88. The van der Waals surface area contributed by atoms with E-state index in [1.807, 2.05) is 36.4 Å². The van der Waals surface area contributed by atoms with E-state index in [1.54, 1.807) is 7.11 Å². The van der Waals surface area contributed by atoms with Crippen molar-refractivity contribution in [2.45, 2.75) is 31.6 Å². The standard InChI is InChI=1S/C24H27ClN2O4/c1-29-23-15-17(9-13-28)3-6-22(23)30-14-2-10-27-11-7-18(8-12-27)24-20-5-4-19(25)16-21(20)26-31-24/h3-6,13,15-16,18H,2,7-12,14H2,1H3. The van der Waals surface area contributed by atoms with Gasteiger partial charge in [-0.3, -0.25) is 0 Å². The van der Waals surface area contributed by atoms with Crippen molar-refractivity contribution in [1.82, 2.24) is 10.1 Å². The summed E-state index contributed by atoms with van der Waals surface area (Å²) in [5.41, 5.74) is 1.75. The first-order valence-electron chi connectivity index (χ1n) is 10.7. The molecule has 0 spiro atoms. The highest BCUT2D eigenvalue weighted by molar-refractivity contribution is 6.31. The molecule has 0 amide bonds. The fraction of sp³-hybridized carbons (Fsp3) is 0.417. The van der Waals surface area contributed by atoms with Crippen LogP contribution in [0.1, 0.15) is 36.5 Å². The molecule has 0 radical (unpaired) electrons. The highest BCUT2D eigenvalue weighted by Crippen LogP contribution is 2.34. The third-order valence-electron chi connectivity index (χ3n) is 5.85. The second kappa shape index (κ2) is 10.2. The van der Waals surface area contributed by atoms with Crippen molar-refractivity contribution < 1.29 is 18.8 Å². The third-order valence-corrected chi connectivity index (χ3v) is 6.08. The van der Waals surface area contributed by atoms with Crippen molar-refractivity contribution in [3.8, 4) is 11.5 Å². The van der Waals surface area contributed by atoms with Crippen molar-refractivity contribution in [3.05, 3.63) is 52.7 Å². The number of benzene rings is 2. The summed E-state index contributed by atoms with van der Waals surface area (Å²) in [6.07, 6.45) is 4.32. The molecule has 2 aromatic carbocycles. The largest absolute Gasteiger partial charge is 0.493 e. The van der Waals surface area contributed by atoms with Crippen LogP contribution >= 0.6 is 11.6 Å². The molecule has 1 aliphatic heterocycles. The molecule has 0 bridgehead atoms. The number of carbonyl (C=O) groups excluding carboxylic acids is 1. The van der Waals surface area contributed by atoms with Gasteiger partial charge in [-0.05, 0) is 68.2 Å². The zero-order chi connectivity index (χ0) is 21.6. The Morgan fingerprint density at radius 3 is 2.81 bits per heavy atom. The maximum absolute atomic E-state index is 10.7. The Morgan fingerprint density at radius 1 is 1.19 bits per heavy atom. The normalized spacial score (nSPS) is 15.3. The summed E-state index contributed by atoms with van der Waals surface area (Å²) in [6.45, 7) is 3.68. The smallest absolute Gasteiger partial charge is 0.161 e. The second-order valence-corrected chi connectivity index (χ2v) is 8.32. The van der Waals surface area contributed by atoms with E-state index in [0.29, 0.717) is 35.5 Å². The van der Waals surface area contributed by atoms with E-state index in [-0.39, 0.29) is 0 Å². The van der Waals surface area contributed by atoms with Crippen molar-refractivity contribution in [2.24, 2.45) is 0 Å². The minimum Gasteiger partial charge on any atom is -0.493 e. The Bertz CT molecular complexity index is 1030. The average molecular weight is 443 g/mol. The highest BCUT2D eigenvalue weighted by atomic mass is 35.5. The number of fused-ring (bicyclic) bond motifs is 1. The Kier molecular flexibility index (Phi) is 7.10. The zero-order valence-corrected chi connectivity index (χ0v) is 18.4. The fourth-order valence-corrected chi connectivity index (χ4v) is 4.34. The van der Waals surface area contributed by atoms with E-state index in [9.17, 15) is 4.79 Å². The third kappa shape index (κ3) is 5.20. The molecule has 4 rings (SSSR count). The summed E-state index contributed by atoms with van der Waals surface area (Å²) in [7, 11) is 1.61. The van der Waals surface area contributed by atoms with E-state index in [0.717, 1.165) is 67.4 Å². The van der Waals surface area contributed by atoms with E-state index in [2.05, 4.69) is 10.1 Å². The number of likely N-dealkylation sites (tertiary alicyclic amines) is 1. The van der Waals surface area contributed by atoms with Gasteiger partial charge in [-0.15, -0.1) is 0 Å². The Labute approximate surface area is 187 Å². The van der Waals surface area contributed by atoms with Crippen LogP contribution in [-0.2, 0) is 11.2 Å². The van der Waals surface area contributed by atoms with Gasteiger partial charge in [-0.2, -0.15) is 0 Å². The first kappa shape index (κ1) is 21.7. The SMILES string of the molecule is COc1cc(CC=O)ccc1OCCCN1CCC(c2onc3cc(Cl)ccc23)CC1. The fourth-order valence-electron chi connectivity index (χ4n) is 4.17. The zero-order valence-electron chi connectivity index (χ0n) is 17.7. The molecule has 0 unspecified atom stereocenters. The molecule has 0 aliphatic carbocycles. The van der Waals surface area contributed by atoms with Gasteiger partial charge in [0, 0.05) is 29.3 Å². The molecule has 0 N–H and O–H groups in total. The maximum Gasteiger partial charge on any atom is 0.161 e. The van der Waals surface area contributed by atoms with Crippen molar-refractivity contribution in [3.63, 3.8) is 0 Å². The van der Waals surface area contributed by atoms with Gasteiger partial charge in [-0.1, -0.05) is 22.8 Å². The molecule has 164 valence electrons. The molecule has 7 heteroatoms. The molecule has 1 saturated heterocycles. The first-order chi connectivity index (χ1) is 15.2. The lowest BCUT2D eigenvalue weighted by Crippen LogP contribution is -2.34. The average Bonchev–Trinajstić information content (AvgIpc) is 3.21. The number of piperidine rings is 1. The molecule has 6 nitrogen and oxygen atoms in total. The number of halogens is 1. The van der Waals surface area contributed by atoms with E-state index in [1.165, 1.54) is 0 Å². The number of methoxy groups -OCH3 is 1. The van der Waals surface area contributed by atoms with E-state index in [4.69, 9.17) is 25.6 Å². The van der Waals surface area contributed by atoms with Crippen LogP contribution in [0.5, 0.6) is 11.5 Å². The van der Waals surface area contributed by atoms with Gasteiger partial charge >= 0.3 is 0 Å². The molecular weight excluding hydrogens is 416 g/mol. The van der Waals surface area contributed by atoms with Gasteiger partial charge in [0.25, 0.3) is 0 Å². The summed E-state index contributed by atoms with van der Waals surface area (Å²) in [5, 5.41) is 5.93. The molecule has 3 aromatic rings. The van der Waals surface area contributed by atoms with E-state index >= 15 is 0 Å². The van der Waals surface area contributed by atoms with Crippen LogP contribution in [0.15, 0.2) is 40.9 Å². The van der Waals surface area contributed by atoms with Crippen LogP contribution in [0.4, 0.5) is 0 Å². The minimum absolute atomic E-state index is 0.379. The molecule has 1 fully saturated rings. The van der Waals surface area contributed by atoms with Crippen LogP contribution in [0.25, 0.3) is 10.9 Å². The quantitative estimate of drug-likeness (QED) is 0.347. The van der Waals surface area contributed by atoms with E-state index < -0.39 is 0 Å². The topological polar surface area (TPSA) is 64.8 Å². The lowest BCUT2D eigenvalue weighted by atomic mass is 9.92. The Morgan fingerprint density at radius 2 is 2.03 bits per heavy atom. The number of aromatic nitrogens is 1. The number of nitrogens with zero attached hydrogens (tertiary/aromatic N) is 2. The van der Waals surface area contributed by atoms with Crippen LogP contribution < -0.4 is 9.47 Å². The number of aldehydes is 1. The lowest BCUT2D eigenvalue weighted by molar-refractivity contribution is -0.107. The van der Waals surface area contributed by atoms with Crippen molar-refractivity contribution in [2.75, 3.05) is 33.4 Å². The first-order valence-corrected chi connectivity index (χ1v) is 11.1. The van der Waals surface area contributed by atoms with Crippen molar-refractivity contribution in [1.29, 1.82) is 0 Å². The summed E-state index contributed by atoms with van der Waals surface area (Å²) in [4.78, 5) is 13.2. The molecule has 1 aliphatic rings. The molecule has 0 saturated carbocycles. The van der Waals surface area contributed by atoms with Crippen LogP contribution in [0.3, 0.4) is 0 Å². The Hall–Kier alpha value is -2.57.